The van der Waals surface area contributed by atoms with E-state index in [0.717, 1.165) is 16.9 Å². The summed E-state index contributed by atoms with van der Waals surface area (Å²) >= 11 is 0. The molecule has 3 nitrogen and oxygen atoms in total. The number of nitrogens with one attached hydrogen (secondary N) is 1. The van der Waals surface area contributed by atoms with Crippen LogP contribution in [-0.2, 0) is 5.41 Å². The van der Waals surface area contributed by atoms with Crippen molar-refractivity contribution in [1.82, 2.24) is 9.97 Å². The number of fused-ring (bicyclic) bond motifs is 4. The van der Waals surface area contributed by atoms with Gasteiger partial charge in [-0.3, -0.25) is 0 Å². The molecule has 0 bridgehead atoms. The third-order valence-corrected chi connectivity index (χ3v) is 9.44. The molecule has 1 aliphatic rings. The number of anilines is 1. The van der Waals surface area contributed by atoms with E-state index >= 15 is 0 Å². The molecular formula is C38H51N3. The molecule has 0 aliphatic heterocycles. The molecule has 1 heterocycles. The van der Waals surface area contributed by atoms with Crippen LogP contribution in [0.25, 0.3) is 33.5 Å². The fraction of sp³-hybridized carbons (Fsp3) is 0.500. The average Bonchev–Trinajstić information content (AvgIpc) is 3.53. The van der Waals surface area contributed by atoms with Gasteiger partial charge in [0.25, 0.3) is 0 Å². The molecule has 0 saturated heterocycles. The molecule has 1 aliphatic carbocycles. The van der Waals surface area contributed by atoms with Crippen LogP contribution < -0.4 is 4.90 Å². The van der Waals surface area contributed by atoms with Gasteiger partial charge in [0.05, 0.1) is 11.0 Å². The monoisotopic (exact) mass is 549 g/mol. The first-order chi connectivity index (χ1) is 20.1. The highest BCUT2D eigenvalue weighted by molar-refractivity contribution is 5.91. The summed E-state index contributed by atoms with van der Waals surface area (Å²) in [5, 5.41) is 0. The highest BCUT2D eigenvalue weighted by atomic mass is 15.1. The Labute approximate surface area is 248 Å². The van der Waals surface area contributed by atoms with Crippen molar-refractivity contribution in [2.24, 2.45) is 0 Å². The average molecular weight is 550 g/mol. The van der Waals surface area contributed by atoms with Crippen LogP contribution in [0.1, 0.15) is 115 Å². The molecule has 5 rings (SSSR count). The van der Waals surface area contributed by atoms with Crippen LogP contribution in [0.4, 0.5) is 5.69 Å². The number of unbranched alkanes of at least 4 members (excludes halogenated alkanes) is 10. The van der Waals surface area contributed by atoms with Crippen LogP contribution in [0.5, 0.6) is 0 Å². The van der Waals surface area contributed by atoms with Crippen LogP contribution in [0.2, 0.25) is 0 Å². The molecular weight excluding hydrogens is 498 g/mol. The van der Waals surface area contributed by atoms with Gasteiger partial charge in [0.2, 0.25) is 0 Å². The predicted molar refractivity (Wildman–Crippen MR) is 178 cm³/mol. The maximum absolute atomic E-state index is 5.09. The van der Waals surface area contributed by atoms with Gasteiger partial charge in [0, 0.05) is 30.8 Å². The maximum Gasteiger partial charge on any atom is 0.138 e. The zero-order valence-electron chi connectivity index (χ0n) is 26.1. The molecule has 0 spiro atoms. The third-order valence-electron chi connectivity index (χ3n) is 9.44. The van der Waals surface area contributed by atoms with Gasteiger partial charge in [-0.2, -0.15) is 0 Å². The molecule has 0 atom stereocenters. The van der Waals surface area contributed by atoms with Crippen molar-refractivity contribution in [2.75, 3.05) is 19.0 Å². The topological polar surface area (TPSA) is 31.9 Å². The van der Waals surface area contributed by atoms with E-state index in [1.54, 1.807) is 5.56 Å². The predicted octanol–water partition coefficient (Wildman–Crippen LogP) is 11.1. The number of hydrogen-bond donors (Lipinski definition) is 1. The third kappa shape index (κ3) is 6.40. The Morgan fingerprint density at radius 2 is 1.27 bits per heavy atom. The molecule has 3 aromatic carbocycles. The minimum absolute atomic E-state index is 0.105. The molecule has 0 radical (unpaired) electrons. The van der Waals surface area contributed by atoms with E-state index in [-0.39, 0.29) is 5.41 Å². The first-order valence-corrected chi connectivity index (χ1v) is 16.5. The SMILES string of the molecule is CCCCCCCCC1(CCCCCCCC)c2ccccc2-c2cc3nc(-c4ccc(N(C)C)cc4)[nH]c3cc21. The van der Waals surface area contributed by atoms with E-state index in [4.69, 9.17) is 4.98 Å². The van der Waals surface area contributed by atoms with Crippen molar-refractivity contribution in [2.45, 2.75) is 109 Å². The van der Waals surface area contributed by atoms with E-state index in [1.807, 2.05) is 0 Å². The fourth-order valence-corrected chi connectivity index (χ4v) is 7.09. The second kappa shape index (κ2) is 13.7. The van der Waals surface area contributed by atoms with E-state index in [0.29, 0.717) is 0 Å². The Morgan fingerprint density at radius 1 is 0.659 bits per heavy atom. The zero-order valence-corrected chi connectivity index (χ0v) is 26.1. The lowest BCUT2D eigenvalue weighted by molar-refractivity contribution is 0.398. The number of rotatable bonds is 16. The minimum Gasteiger partial charge on any atom is -0.378 e. The number of benzene rings is 3. The molecule has 0 amide bonds. The number of aromatic nitrogens is 2. The lowest BCUT2D eigenvalue weighted by atomic mass is 9.70. The number of H-pyrrole nitrogens is 1. The van der Waals surface area contributed by atoms with Gasteiger partial charge in [0.1, 0.15) is 5.82 Å². The zero-order chi connectivity index (χ0) is 28.7. The molecule has 0 fully saturated rings. The van der Waals surface area contributed by atoms with Crippen molar-refractivity contribution < 1.29 is 0 Å². The van der Waals surface area contributed by atoms with Crippen molar-refractivity contribution in [1.29, 1.82) is 0 Å². The fourth-order valence-electron chi connectivity index (χ4n) is 7.09. The van der Waals surface area contributed by atoms with Crippen LogP contribution in [0, 0.1) is 0 Å². The van der Waals surface area contributed by atoms with Gasteiger partial charge in [0.15, 0.2) is 0 Å². The first kappa shape index (κ1) is 29.4. The summed E-state index contributed by atoms with van der Waals surface area (Å²) in [5.74, 6) is 0.958. The highest BCUT2D eigenvalue weighted by Crippen LogP contribution is 2.55. The minimum atomic E-state index is 0.105. The molecule has 3 heteroatoms. The Balaban J connectivity index is 1.49. The van der Waals surface area contributed by atoms with Gasteiger partial charge in [-0.05, 0) is 71.5 Å². The van der Waals surface area contributed by atoms with E-state index in [2.05, 4.69) is 98.5 Å². The molecule has 1 N–H and O–H groups in total. The lowest BCUT2D eigenvalue weighted by Gasteiger charge is -2.33. The summed E-state index contributed by atoms with van der Waals surface area (Å²) in [6, 6.07) is 22.8. The summed E-state index contributed by atoms with van der Waals surface area (Å²) in [6.07, 6.45) is 18.6. The molecule has 41 heavy (non-hydrogen) atoms. The number of aromatic amines is 1. The van der Waals surface area contributed by atoms with Gasteiger partial charge in [-0.25, -0.2) is 4.98 Å². The van der Waals surface area contributed by atoms with Crippen LogP contribution in [0.3, 0.4) is 0 Å². The summed E-state index contributed by atoms with van der Waals surface area (Å²) < 4.78 is 0. The van der Waals surface area contributed by atoms with Gasteiger partial charge < -0.3 is 9.88 Å². The van der Waals surface area contributed by atoms with Gasteiger partial charge >= 0.3 is 0 Å². The second-order valence-corrected chi connectivity index (χ2v) is 12.6. The molecule has 0 saturated carbocycles. The lowest BCUT2D eigenvalue weighted by Crippen LogP contribution is -2.25. The van der Waals surface area contributed by atoms with Crippen molar-refractivity contribution in [3.8, 4) is 22.5 Å². The number of nitrogens with zero attached hydrogens (tertiary/aromatic N) is 2. The maximum atomic E-state index is 5.09. The molecule has 0 unspecified atom stereocenters. The van der Waals surface area contributed by atoms with E-state index < -0.39 is 0 Å². The smallest absolute Gasteiger partial charge is 0.138 e. The Hall–Kier alpha value is -3.07. The summed E-state index contributed by atoms with van der Waals surface area (Å²) in [7, 11) is 4.16. The summed E-state index contributed by atoms with van der Waals surface area (Å²) in [4.78, 5) is 10.9. The van der Waals surface area contributed by atoms with Crippen LogP contribution >= 0.6 is 0 Å². The first-order valence-electron chi connectivity index (χ1n) is 16.5. The van der Waals surface area contributed by atoms with E-state index in [1.165, 1.54) is 118 Å². The highest BCUT2D eigenvalue weighted by Gasteiger charge is 2.42. The van der Waals surface area contributed by atoms with E-state index in [9.17, 15) is 0 Å². The standard InChI is InChI=1S/C38H51N3/c1-5-7-9-11-13-17-25-38(26-18-14-12-10-8-6-2)33-20-16-15-19-31(33)32-27-35-36(28-34(32)38)40-37(39-35)29-21-23-30(24-22-29)41(3)4/h15-16,19-24,27-28H,5-14,17-18,25-26H2,1-4H3,(H,39,40). The van der Waals surface area contributed by atoms with Gasteiger partial charge in [-0.1, -0.05) is 115 Å². The number of hydrogen-bond acceptors (Lipinski definition) is 2. The van der Waals surface area contributed by atoms with Crippen molar-refractivity contribution >= 4 is 16.7 Å². The van der Waals surface area contributed by atoms with Gasteiger partial charge in [-0.15, -0.1) is 0 Å². The molecule has 4 aromatic rings. The number of imidazole rings is 1. The summed E-state index contributed by atoms with van der Waals surface area (Å²) in [6.45, 7) is 4.62. The normalized spacial score (nSPS) is 13.5. The quantitative estimate of drug-likeness (QED) is 0.141. The van der Waals surface area contributed by atoms with Crippen LogP contribution in [0.15, 0.2) is 60.7 Å². The molecule has 1 aromatic heterocycles. The second-order valence-electron chi connectivity index (χ2n) is 12.6. The largest absolute Gasteiger partial charge is 0.378 e. The Morgan fingerprint density at radius 3 is 1.90 bits per heavy atom. The Kier molecular flexibility index (Phi) is 9.85. The summed E-state index contributed by atoms with van der Waals surface area (Å²) in [5.41, 5.74) is 10.6. The van der Waals surface area contributed by atoms with Crippen molar-refractivity contribution in [3.05, 3.63) is 71.8 Å². The van der Waals surface area contributed by atoms with Crippen LogP contribution in [-0.4, -0.2) is 24.1 Å². The molecule has 218 valence electrons. The van der Waals surface area contributed by atoms with Crippen molar-refractivity contribution in [3.63, 3.8) is 0 Å². The Bertz CT molecular complexity index is 1380.